The summed E-state index contributed by atoms with van der Waals surface area (Å²) in [6.45, 7) is 4.19. The van der Waals surface area contributed by atoms with Gasteiger partial charge in [0.05, 0.1) is 17.6 Å². The van der Waals surface area contributed by atoms with Gasteiger partial charge in [-0.15, -0.1) is 11.3 Å². The van der Waals surface area contributed by atoms with Crippen molar-refractivity contribution in [1.82, 2.24) is 9.97 Å². The van der Waals surface area contributed by atoms with Crippen LogP contribution in [0, 0.1) is 5.92 Å². The van der Waals surface area contributed by atoms with Crippen molar-refractivity contribution in [2.24, 2.45) is 5.92 Å². The van der Waals surface area contributed by atoms with Gasteiger partial charge in [0, 0.05) is 13.1 Å². The minimum Gasteiger partial charge on any atom is -0.371 e. The summed E-state index contributed by atoms with van der Waals surface area (Å²) >= 11 is 1.69. The fraction of sp³-hybridized carbons (Fsp3) is 0.647. The smallest absolute Gasteiger partial charge is 0.140 e. The van der Waals surface area contributed by atoms with Crippen molar-refractivity contribution in [3.8, 4) is 0 Å². The van der Waals surface area contributed by atoms with Gasteiger partial charge in [-0.2, -0.15) is 0 Å². The lowest BCUT2D eigenvalue weighted by Crippen LogP contribution is -2.49. The highest BCUT2D eigenvalue weighted by molar-refractivity contribution is 7.16. The standard InChI is InChI=1S/C17H23N3OS/c1-2-3-4-13-9-20(10-15(21-13)12-5-6-12)16-14-7-8-22-17(14)19-11-18-16/h7-8,11-13,15H,2-6,9-10H2,1H3/t13-,15-/m1/s1. The van der Waals surface area contributed by atoms with E-state index in [0.717, 1.165) is 36.1 Å². The van der Waals surface area contributed by atoms with Crippen molar-refractivity contribution in [3.63, 3.8) is 0 Å². The van der Waals surface area contributed by atoms with Crippen LogP contribution in [0.5, 0.6) is 0 Å². The van der Waals surface area contributed by atoms with Crippen LogP contribution >= 0.6 is 11.3 Å². The molecule has 5 heteroatoms. The van der Waals surface area contributed by atoms with E-state index in [4.69, 9.17) is 4.74 Å². The Morgan fingerprint density at radius 2 is 2.23 bits per heavy atom. The van der Waals surface area contributed by atoms with Gasteiger partial charge in [-0.3, -0.25) is 0 Å². The number of unbranched alkanes of at least 4 members (excludes halogenated alkanes) is 1. The van der Waals surface area contributed by atoms with Gasteiger partial charge < -0.3 is 9.64 Å². The molecule has 0 radical (unpaired) electrons. The number of rotatable bonds is 5. The van der Waals surface area contributed by atoms with Gasteiger partial charge in [-0.05, 0) is 36.6 Å². The zero-order chi connectivity index (χ0) is 14.9. The van der Waals surface area contributed by atoms with Crippen molar-refractivity contribution >= 4 is 27.4 Å². The first kappa shape index (κ1) is 14.4. The number of ether oxygens (including phenoxy) is 1. The summed E-state index contributed by atoms with van der Waals surface area (Å²) in [5.41, 5.74) is 0. The quantitative estimate of drug-likeness (QED) is 0.839. The maximum absolute atomic E-state index is 6.38. The van der Waals surface area contributed by atoms with E-state index in [0.29, 0.717) is 12.2 Å². The Morgan fingerprint density at radius 1 is 1.32 bits per heavy atom. The molecule has 0 bridgehead atoms. The summed E-state index contributed by atoms with van der Waals surface area (Å²) in [5, 5.41) is 3.30. The molecule has 4 rings (SSSR count). The summed E-state index contributed by atoms with van der Waals surface area (Å²) in [7, 11) is 0. The maximum atomic E-state index is 6.38. The summed E-state index contributed by atoms with van der Waals surface area (Å²) < 4.78 is 6.38. The van der Waals surface area contributed by atoms with Crippen LogP contribution in [0.3, 0.4) is 0 Å². The molecular weight excluding hydrogens is 294 g/mol. The lowest BCUT2D eigenvalue weighted by molar-refractivity contribution is -0.0411. The number of hydrogen-bond donors (Lipinski definition) is 0. The fourth-order valence-electron chi connectivity index (χ4n) is 3.39. The first-order valence-corrected chi connectivity index (χ1v) is 9.31. The molecule has 2 atom stereocenters. The van der Waals surface area contributed by atoms with E-state index in [1.54, 1.807) is 17.7 Å². The van der Waals surface area contributed by atoms with Gasteiger partial charge in [0.15, 0.2) is 0 Å². The maximum Gasteiger partial charge on any atom is 0.140 e. The Morgan fingerprint density at radius 3 is 3.05 bits per heavy atom. The second-order valence-electron chi connectivity index (χ2n) is 6.52. The average molecular weight is 317 g/mol. The van der Waals surface area contributed by atoms with E-state index in [1.807, 2.05) is 0 Å². The molecule has 4 nitrogen and oxygen atoms in total. The molecule has 3 heterocycles. The van der Waals surface area contributed by atoms with Crippen LogP contribution < -0.4 is 4.90 Å². The number of anilines is 1. The third-order valence-corrected chi connectivity index (χ3v) is 5.58. The van der Waals surface area contributed by atoms with Crippen LogP contribution in [0.15, 0.2) is 17.8 Å². The Bertz CT molecular complexity index is 640. The number of thiophene rings is 1. The van der Waals surface area contributed by atoms with E-state index in [-0.39, 0.29) is 0 Å². The van der Waals surface area contributed by atoms with Crippen LogP contribution in [-0.4, -0.2) is 35.3 Å². The molecule has 0 unspecified atom stereocenters. The predicted octanol–water partition coefficient (Wildman–Crippen LogP) is 3.87. The second-order valence-corrected chi connectivity index (χ2v) is 7.41. The van der Waals surface area contributed by atoms with E-state index in [2.05, 4.69) is 33.2 Å². The fourth-order valence-corrected chi connectivity index (χ4v) is 4.12. The lowest BCUT2D eigenvalue weighted by atomic mass is 10.1. The second kappa shape index (κ2) is 6.13. The molecule has 1 saturated carbocycles. The summed E-state index contributed by atoms with van der Waals surface area (Å²) in [6.07, 6.45) is 8.74. The first-order chi connectivity index (χ1) is 10.8. The summed E-state index contributed by atoms with van der Waals surface area (Å²) in [5.74, 6) is 1.87. The highest BCUT2D eigenvalue weighted by Gasteiger charge is 2.38. The zero-order valence-electron chi connectivity index (χ0n) is 13.1. The van der Waals surface area contributed by atoms with E-state index < -0.39 is 0 Å². The minimum atomic E-state index is 0.350. The highest BCUT2D eigenvalue weighted by Crippen LogP contribution is 2.39. The van der Waals surface area contributed by atoms with Crippen molar-refractivity contribution in [2.45, 2.75) is 51.2 Å². The molecule has 1 aliphatic carbocycles. The molecule has 2 aromatic rings. The largest absolute Gasteiger partial charge is 0.371 e. The third kappa shape index (κ3) is 2.84. The van der Waals surface area contributed by atoms with Crippen molar-refractivity contribution in [1.29, 1.82) is 0 Å². The molecule has 1 saturated heterocycles. The Kier molecular flexibility index (Phi) is 4.01. The third-order valence-electron chi connectivity index (χ3n) is 4.76. The van der Waals surface area contributed by atoms with E-state index in [9.17, 15) is 0 Å². The minimum absolute atomic E-state index is 0.350. The van der Waals surface area contributed by atoms with E-state index in [1.165, 1.54) is 31.1 Å². The molecule has 0 aromatic carbocycles. The van der Waals surface area contributed by atoms with Crippen molar-refractivity contribution in [2.75, 3.05) is 18.0 Å². The molecule has 2 aliphatic rings. The number of hydrogen-bond acceptors (Lipinski definition) is 5. The van der Waals surface area contributed by atoms with Gasteiger partial charge in [-0.25, -0.2) is 9.97 Å². The normalized spacial score (nSPS) is 25.8. The number of fused-ring (bicyclic) bond motifs is 1. The van der Waals surface area contributed by atoms with Crippen molar-refractivity contribution < 1.29 is 4.74 Å². The molecule has 118 valence electrons. The molecule has 2 aromatic heterocycles. The van der Waals surface area contributed by atoms with Crippen LogP contribution in [0.25, 0.3) is 10.2 Å². The molecule has 0 amide bonds. The topological polar surface area (TPSA) is 38.2 Å². The summed E-state index contributed by atoms with van der Waals surface area (Å²) in [6, 6.07) is 2.15. The van der Waals surface area contributed by atoms with Gasteiger partial charge in [0.2, 0.25) is 0 Å². The Hall–Kier alpha value is -1.20. The van der Waals surface area contributed by atoms with Crippen LogP contribution in [0.2, 0.25) is 0 Å². The number of aromatic nitrogens is 2. The summed E-state index contributed by atoms with van der Waals surface area (Å²) in [4.78, 5) is 12.5. The van der Waals surface area contributed by atoms with Gasteiger partial charge >= 0.3 is 0 Å². The van der Waals surface area contributed by atoms with Crippen molar-refractivity contribution in [3.05, 3.63) is 17.8 Å². The molecule has 2 fully saturated rings. The monoisotopic (exact) mass is 317 g/mol. The number of morpholine rings is 1. The SMILES string of the molecule is CCCC[C@@H]1CN(c2ncnc3sccc23)C[C@H](C2CC2)O1. The molecule has 0 spiro atoms. The average Bonchev–Trinajstić information content (AvgIpc) is 3.29. The van der Waals surface area contributed by atoms with Crippen LogP contribution in [0.1, 0.15) is 39.0 Å². The first-order valence-electron chi connectivity index (χ1n) is 8.43. The van der Waals surface area contributed by atoms with Gasteiger partial charge in [-0.1, -0.05) is 19.8 Å². The Balaban J connectivity index is 1.59. The lowest BCUT2D eigenvalue weighted by Gasteiger charge is -2.39. The molecule has 0 N–H and O–H groups in total. The van der Waals surface area contributed by atoms with Gasteiger partial charge in [0.25, 0.3) is 0 Å². The zero-order valence-corrected chi connectivity index (χ0v) is 13.9. The highest BCUT2D eigenvalue weighted by atomic mass is 32.1. The molecule has 1 aliphatic heterocycles. The predicted molar refractivity (Wildman–Crippen MR) is 90.5 cm³/mol. The van der Waals surface area contributed by atoms with Gasteiger partial charge in [0.1, 0.15) is 17.0 Å². The molecule has 22 heavy (non-hydrogen) atoms. The molecular formula is C17H23N3OS. The number of nitrogens with zero attached hydrogens (tertiary/aromatic N) is 3. The van der Waals surface area contributed by atoms with E-state index >= 15 is 0 Å². The van der Waals surface area contributed by atoms with Crippen LogP contribution in [0.4, 0.5) is 5.82 Å². The van der Waals surface area contributed by atoms with Crippen LogP contribution in [-0.2, 0) is 4.74 Å². The Labute approximate surface area is 135 Å².